The van der Waals surface area contributed by atoms with Crippen molar-refractivity contribution in [2.75, 3.05) is 38.2 Å². The number of nitrogens with zero attached hydrogens (tertiary/aromatic N) is 3. The Morgan fingerprint density at radius 2 is 1.55 bits per heavy atom. The number of esters is 1. The summed E-state index contributed by atoms with van der Waals surface area (Å²) in [6, 6.07) is 23.3. The lowest BCUT2D eigenvalue weighted by Crippen LogP contribution is -2.52. The van der Waals surface area contributed by atoms with E-state index in [0.29, 0.717) is 26.2 Å². The summed E-state index contributed by atoms with van der Waals surface area (Å²) in [7, 11) is 0. The second-order valence-electron chi connectivity index (χ2n) is 8.71. The van der Waals surface area contributed by atoms with E-state index in [1.165, 1.54) is 0 Å². The third kappa shape index (κ3) is 6.65. The minimum Gasteiger partial charge on any atom is -0.460 e. The third-order valence-corrected chi connectivity index (χ3v) is 6.57. The highest BCUT2D eigenvalue weighted by Crippen LogP contribution is 2.34. The standard InChI is InChI=1S/C28H28ClF3N4O2/c1-2-38-27(37)26(34-33-24-19-22(28(30,31)32)13-14-23(24)29)36-17-15-35(16-18-36)25(20-9-5-3-6-10-20)21-11-7-4-8-12-21/h3-14,19,25,33H,2,15-18H2,1H3. The Hall–Kier alpha value is -3.56. The maximum Gasteiger partial charge on any atom is 0.416 e. The van der Waals surface area contributed by atoms with Crippen molar-refractivity contribution in [3.05, 3.63) is 101 Å². The van der Waals surface area contributed by atoms with Gasteiger partial charge in [0.1, 0.15) is 0 Å². The monoisotopic (exact) mass is 544 g/mol. The average molecular weight is 545 g/mol. The number of halogens is 4. The van der Waals surface area contributed by atoms with Gasteiger partial charge in [0.05, 0.1) is 28.9 Å². The van der Waals surface area contributed by atoms with Crippen LogP contribution in [-0.4, -0.2) is 54.4 Å². The SMILES string of the molecule is CCOC(=O)C(=NNc1cc(C(F)(F)F)ccc1Cl)N1CCN(C(c2ccccc2)c2ccccc2)CC1. The lowest BCUT2D eigenvalue weighted by molar-refractivity contribution is -0.138. The molecule has 3 aromatic rings. The number of rotatable bonds is 6. The number of hydrogen-bond donors (Lipinski definition) is 1. The Bertz CT molecular complexity index is 1210. The highest BCUT2D eigenvalue weighted by atomic mass is 35.5. The van der Waals surface area contributed by atoms with Crippen LogP contribution in [0.15, 0.2) is 84.0 Å². The molecular weight excluding hydrogens is 517 g/mol. The van der Waals surface area contributed by atoms with E-state index >= 15 is 0 Å². The molecule has 1 fully saturated rings. The molecule has 0 aromatic heterocycles. The number of piperazine rings is 1. The number of nitrogens with one attached hydrogen (secondary N) is 1. The minimum atomic E-state index is -4.54. The molecular formula is C28H28ClF3N4O2. The van der Waals surface area contributed by atoms with Crippen molar-refractivity contribution in [3.8, 4) is 0 Å². The van der Waals surface area contributed by atoms with E-state index < -0.39 is 17.7 Å². The van der Waals surface area contributed by atoms with Crippen LogP contribution in [0, 0.1) is 0 Å². The summed E-state index contributed by atoms with van der Waals surface area (Å²) in [5.74, 6) is -0.685. The van der Waals surface area contributed by atoms with Gasteiger partial charge in [0, 0.05) is 26.2 Å². The van der Waals surface area contributed by atoms with Crippen LogP contribution in [0.2, 0.25) is 5.02 Å². The second-order valence-corrected chi connectivity index (χ2v) is 9.11. The second kappa shape index (κ2) is 12.3. The fourth-order valence-electron chi connectivity index (χ4n) is 4.42. The fraction of sp³-hybridized carbons (Fsp3) is 0.286. The Morgan fingerprint density at radius 1 is 0.974 bits per heavy atom. The molecule has 0 radical (unpaired) electrons. The lowest BCUT2D eigenvalue weighted by Gasteiger charge is -2.40. The Kier molecular flexibility index (Phi) is 8.91. The predicted molar refractivity (Wildman–Crippen MR) is 142 cm³/mol. The molecule has 0 unspecified atom stereocenters. The van der Waals surface area contributed by atoms with Gasteiger partial charge in [0.2, 0.25) is 5.84 Å². The molecule has 0 saturated carbocycles. The molecule has 0 bridgehead atoms. The zero-order valence-corrected chi connectivity index (χ0v) is 21.5. The van der Waals surface area contributed by atoms with Gasteiger partial charge in [-0.1, -0.05) is 72.3 Å². The number of hydrazone groups is 1. The van der Waals surface area contributed by atoms with E-state index in [2.05, 4.69) is 39.7 Å². The largest absolute Gasteiger partial charge is 0.460 e. The third-order valence-electron chi connectivity index (χ3n) is 6.24. The minimum absolute atomic E-state index is 0.0176. The molecule has 3 aromatic carbocycles. The molecule has 1 aliphatic heterocycles. The van der Waals surface area contributed by atoms with Gasteiger partial charge < -0.3 is 9.64 Å². The molecule has 1 N–H and O–H groups in total. The predicted octanol–water partition coefficient (Wildman–Crippen LogP) is 6.05. The summed E-state index contributed by atoms with van der Waals surface area (Å²) in [5.41, 5.74) is 3.93. The molecule has 1 saturated heterocycles. The molecule has 1 aliphatic rings. The molecule has 200 valence electrons. The topological polar surface area (TPSA) is 57.2 Å². The van der Waals surface area contributed by atoms with Gasteiger partial charge in [-0.05, 0) is 36.2 Å². The van der Waals surface area contributed by atoms with Crippen molar-refractivity contribution in [1.29, 1.82) is 0 Å². The summed E-state index contributed by atoms with van der Waals surface area (Å²) < 4.78 is 44.7. The summed E-state index contributed by atoms with van der Waals surface area (Å²) in [4.78, 5) is 16.9. The number of benzene rings is 3. The zero-order valence-electron chi connectivity index (χ0n) is 20.8. The summed E-state index contributed by atoms with van der Waals surface area (Å²) in [5, 5.41) is 4.20. The Balaban J connectivity index is 1.55. The Morgan fingerprint density at radius 3 is 2.08 bits per heavy atom. The van der Waals surface area contributed by atoms with Gasteiger partial charge in [-0.25, -0.2) is 4.79 Å². The highest BCUT2D eigenvalue weighted by molar-refractivity contribution is 6.35. The van der Waals surface area contributed by atoms with E-state index in [1.54, 1.807) is 11.8 Å². The first-order valence-corrected chi connectivity index (χ1v) is 12.6. The molecule has 4 rings (SSSR count). The van der Waals surface area contributed by atoms with E-state index in [4.69, 9.17) is 16.3 Å². The van der Waals surface area contributed by atoms with Crippen molar-refractivity contribution in [2.45, 2.75) is 19.1 Å². The molecule has 0 amide bonds. The number of carbonyl (C=O) groups excluding carboxylic acids is 1. The van der Waals surface area contributed by atoms with Gasteiger partial charge in [-0.2, -0.15) is 13.2 Å². The van der Waals surface area contributed by atoms with Crippen LogP contribution in [0.1, 0.15) is 29.7 Å². The number of ether oxygens (including phenoxy) is 1. The van der Waals surface area contributed by atoms with Crippen molar-refractivity contribution < 1.29 is 22.7 Å². The first-order chi connectivity index (χ1) is 18.3. The first kappa shape index (κ1) is 27.5. The van der Waals surface area contributed by atoms with Crippen molar-refractivity contribution in [1.82, 2.24) is 9.80 Å². The Labute approximate surface area is 224 Å². The zero-order chi connectivity index (χ0) is 27.1. The lowest BCUT2D eigenvalue weighted by atomic mass is 9.96. The average Bonchev–Trinajstić information content (AvgIpc) is 2.91. The fourth-order valence-corrected chi connectivity index (χ4v) is 4.58. The molecule has 0 spiro atoms. The highest BCUT2D eigenvalue weighted by Gasteiger charge is 2.32. The van der Waals surface area contributed by atoms with E-state index in [-0.39, 0.29) is 29.2 Å². The number of hydrogen-bond acceptors (Lipinski definition) is 5. The van der Waals surface area contributed by atoms with Crippen LogP contribution >= 0.6 is 11.6 Å². The van der Waals surface area contributed by atoms with E-state index in [0.717, 1.165) is 29.3 Å². The quantitative estimate of drug-likeness (QED) is 0.177. The molecule has 0 atom stereocenters. The maximum absolute atomic E-state index is 13.2. The summed E-state index contributed by atoms with van der Waals surface area (Å²) in [6.07, 6.45) is -4.54. The van der Waals surface area contributed by atoms with Crippen molar-refractivity contribution in [3.63, 3.8) is 0 Å². The van der Waals surface area contributed by atoms with Crippen LogP contribution in [0.3, 0.4) is 0 Å². The molecule has 0 aliphatic carbocycles. The number of carbonyl (C=O) groups is 1. The van der Waals surface area contributed by atoms with Gasteiger partial charge in [-0.3, -0.25) is 10.3 Å². The molecule has 38 heavy (non-hydrogen) atoms. The van der Waals surface area contributed by atoms with E-state index in [1.807, 2.05) is 36.4 Å². The molecule has 6 nitrogen and oxygen atoms in total. The van der Waals surface area contributed by atoms with Gasteiger partial charge in [0.15, 0.2) is 0 Å². The van der Waals surface area contributed by atoms with E-state index in [9.17, 15) is 18.0 Å². The smallest absolute Gasteiger partial charge is 0.416 e. The van der Waals surface area contributed by atoms with Crippen LogP contribution in [-0.2, 0) is 15.7 Å². The number of anilines is 1. The molecule has 10 heteroatoms. The van der Waals surface area contributed by atoms with Gasteiger partial charge in [0.25, 0.3) is 0 Å². The number of amidine groups is 1. The number of alkyl halides is 3. The summed E-state index contributed by atoms with van der Waals surface area (Å²) in [6.45, 7) is 3.98. The summed E-state index contributed by atoms with van der Waals surface area (Å²) >= 11 is 6.09. The van der Waals surface area contributed by atoms with Gasteiger partial charge in [-0.15, -0.1) is 5.10 Å². The normalized spacial score (nSPS) is 15.0. The van der Waals surface area contributed by atoms with Crippen LogP contribution < -0.4 is 5.43 Å². The van der Waals surface area contributed by atoms with Crippen LogP contribution in [0.4, 0.5) is 18.9 Å². The van der Waals surface area contributed by atoms with Gasteiger partial charge >= 0.3 is 12.1 Å². The maximum atomic E-state index is 13.2. The van der Waals surface area contributed by atoms with Crippen molar-refractivity contribution >= 4 is 29.1 Å². The van der Waals surface area contributed by atoms with Crippen molar-refractivity contribution in [2.24, 2.45) is 5.10 Å². The first-order valence-electron chi connectivity index (χ1n) is 12.2. The molecule has 1 heterocycles. The van der Waals surface area contributed by atoms with Crippen LogP contribution in [0.5, 0.6) is 0 Å². The van der Waals surface area contributed by atoms with Crippen LogP contribution in [0.25, 0.3) is 0 Å².